The van der Waals surface area contributed by atoms with Crippen molar-refractivity contribution < 1.29 is 28.5 Å². The Hall–Kier alpha value is -0.290. The van der Waals surface area contributed by atoms with Crippen LogP contribution >= 0.6 is 0 Å². The Labute approximate surface area is 116 Å². The highest BCUT2D eigenvalue weighted by atomic mass is 127. The van der Waals surface area contributed by atoms with Crippen LogP contribution in [0.5, 0.6) is 0 Å². The van der Waals surface area contributed by atoms with Crippen LogP contribution in [0.2, 0.25) is 0 Å². The molecule has 0 aromatic heterocycles. The molecule has 0 aliphatic carbocycles. The van der Waals surface area contributed by atoms with E-state index in [2.05, 4.69) is 50.2 Å². The number of rotatable bonds is 1. The number of hydrogen-bond acceptors (Lipinski definition) is 1. The minimum atomic E-state index is 0. The Balaban J connectivity index is 0.00000128. The molecule has 16 heavy (non-hydrogen) atoms. The normalized spacial score (nSPS) is 19.1. The van der Waals surface area contributed by atoms with E-state index in [1.54, 1.807) is 0 Å². The van der Waals surface area contributed by atoms with Crippen molar-refractivity contribution in [3.05, 3.63) is 29.8 Å². The summed E-state index contributed by atoms with van der Waals surface area (Å²) in [6.45, 7) is 7.04. The topological polar surface area (TPSA) is 3.24 Å². The number of piperazine rings is 1. The lowest BCUT2D eigenvalue weighted by atomic mass is 10.1. The Bertz CT molecular complexity index is 340. The molecule has 2 rings (SSSR count). The van der Waals surface area contributed by atoms with Gasteiger partial charge < -0.3 is 33.4 Å². The van der Waals surface area contributed by atoms with Crippen LogP contribution in [0.25, 0.3) is 0 Å². The zero-order chi connectivity index (χ0) is 10.9. The summed E-state index contributed by atoms with van der Waals surface area (Å²) in [6, 6.07) is 8.68. The molecule has 1 fully saturated rings. The Kier molecular flexibility index (Phi) is 4.62. The highest BCUT2D eigenvalue weighted by molar-refractivity contribution is 5.53. The highest BCUT2D eigenvalue weighted by Crippen LogP contribution is 2.21. The lowest BCUT2D eigenvalue weighted by Gasteiger charge is -2.40. The van der Waals surface area contributed by atoms with Gasteiger partial charge in [-0.25, -0.2) is 0 Å². The third-order valence-electron chi connectivity index (χ3n) is 3.41. The maximum absolute atomic E-state index is 2.51. The quantitative estimate of drug-likeness (QED) is 0.466. The van der Waals surface area contributed by atoms with Gasteiger partial charge in [0.1, 0.15) is 0 Å². The largest absolute Gasteiger partial charge is 1.00 e. The van der Waals surface area contributed by atoms with Gasteiger partial charge in [0.25, 0.3) is 0 Å². The van der Waals surface area contributed by atoms with E-state index >= 15 is 0 Å². The van der Waals surface area contributed by atoms with E-state index in [0.717, 1.165) is 4.48 Å². The van der Waals surface area contributed by atoms with E-state index in [-0.39, 0.29) is 24.0 Å². The number of anilines is 1. The molecule has 3 heteroatoms. The summed E-state index contributed by atoms with van der Waals surface area (Å²) < 4.78 is 1.16. The molecule has 0 atom stereocenters. The molecule has 1 aliphatic rings. The number of hydrogen-bond donors (Lipinski definition) is 0. The second kappa shape index (κ2) is 5.36. The molecule has 1 aromatic carbocycles. The van der Waals surface area contributed by atoms with Crippen molar-refractivity contribution in [1.82, 2.24) is 0 Å². The number of nitrogens with zero attached hydrogens (tertiary/aromatic N) is 2. The van der Waals surface area contributed by atoms with Gasteiger partial charge in [-0.1, -0.05) is 18.2 Å². The van der Waals surface area contributed by atoms with Gasteiger partial charge in [-0.15, -0.1) is 0 Å². The van der Waals surface area contributed by atoms with Crippen LogP contribution in [0.4, 0.5) is 5.69 Å². The number of aryl methyl sites for hydroxylation is 1. The molecule has 0 radical (unpaired) electrons. The number of quaternary nitrogens is 1. The molecule has 1 aromatic rings. The van der Waals surface area contributed by atoms with Crippen LogP contribution in [-0.2, 0) is 0 Å². The molecule has 1 heterocycles. The minimum Gasteiger partial charge on any atom is -1.00 e. The van der Waals surface area contributed by atoms with Gasteiger partial charge in [0.15, 0.2) is 0 Å². The zero-order valence-electron chi connectivity index (χ0n) is 10.4. The van der Waals surface area contributed by atoms with Gasteiger partial charge in [-0.05, 0) is 18.6 Å². The number of para-hydroxylation sites is 1. The predicted molar refractivity (Wildman–Crippen MR) is 65.2 cm³/mol. The summed E-state index contributed by atoms with van der Waals surface area (Å²) in [5.74, 6) is 0. The first-order valence-electron chi connectivity index (χ1n) is 5.71. The van der Waals surface area contributed by atoms with Crippen molar-refractivity contribution in [2.24, 2.45) is 0 Å². The van der Waals surface area contributed by atoms with Crippen molar-refractivity contribution in [2.75, 3.05) is 45.2 Å². The van der Waals surface area contributed by atoms with Gasteiger partial charge in [0.2, 0.25) is 0 Å². The lowest BCUT2D eigenvalue weighted by Crippen LogP contribution is -3.00. The number of likely N-dealkylation sites (N-methyl/N-ethyl adjacent to an activating group) is 1. The molecule has 90 valence electrons. The molecule has 1 saturated heterocycles. The fourth-order valence-corrected chi connectivity index (χ4v) is 2.17. The average molecular weight is 332 g/mol. The van der Waals surface area contributed by atoms with Crippen LogP contribution in [-0.4, -0.2) is 44.8 Å². The number of benzene rings is 1. The van der Waals surface area contributed by atoms with Crippen LogP contribution in [0.3, 0.4) is 0 Å². The molecule has 0 bridgehead atoms. The lowest BCUT2D eigenvalue weighted by molar-refractivity contribution is -0.890. The molecule has 0 unspecified atom stereocenters. The second-order valence-corrected chi connectivity index (χ2v) is 5.16. The van der Waals surface area contributed by atoms with Crippen LogP contribution in [0.1, 0.15) is 5.56 Å². The summed E-state index contributed by atoms with van der Waals surface area (Å²) in [7, 11) is 4.63. The maximum atomic E-state index is 2.51. The van der Waals surface area contributed by atoms with Crippen LogP contribution < -0.4 is 28.9 Å². The van der Waals surface area contributed by atoms with E-state index < -0.39 is 0 Å². The highest BCUT2D eigenvalue weighted by Gasteiger charge is 2.24. The Morgan fingerprint density at radius 2 is 1.62 bits per heavy atom. The first-order chi connectivity index (χ1) is 7.08. The third kappa shape index (κ3) is 3.10. The predicted octanol–water partition coefficient (Wildman–Crippen LogP) is -1.10. The summed E-state index contributed by atoms with van der Waals surface area (Å²) in [6.07, 6.45) is 0. The van der Waals surface area contributed by atoms with Crippen molar-refractivity contribution in [3.63, 3.8) is 0 Å². The molecule has 0 spiro atoms. The van der Waals surface area contributed by atoms with Crippen molar-refractivity contribution in [3.8, 4) is 0 Å². The van der Waals surface area contributed by atoms with E-state index in [4.69, 9.17) is 0 Å². The Morgan fingerprint density at radius 1 is 1.06 bits per heavy atom. The summed E-state index contributed by atoms with van der Waals surface area (Å²) >= 11 is 0. The first kappa shape index (κ1) is 13.8. The van der Waals surface area contributed by atoms with Crippen LogP contribution in [0.15, 0.2) is 24.3 Å². The SMILES string of the molecule is Cc1ccccc1N1CC[N+](C)(C)CC1.[I-]. The molecular formula is C13H21IN2. The molecule has 0 amide bonds. The van der Waals surface area contributed by atoms with Gasteiger partial charge in [0, 0.05) is 5.69 Å². The van der Waals surface area contributed by atoms with Gasteiger partial charge >= 0.3 is 0 Å². The van der Waals surface area contributed by atoms with Gasteiger partial charge in [0.05, 0.1) is 40.3 Å². The van der Waals surface area contributed by atoms with E-state index in [9.17, 15) is 0 Å². The fourth-order valence-electron chi connectivity index (χ4n) is 2.17. The van der Waals surface area contributed by atoms with Crippen molar-refractivity contribution in [1.29, 1.82) is 0 Å². The molecule has 0 saturated carbocycles. The molecule has 1 aliphatic heterocycles. The third-order valence-corrected chi connectivity index (χ3v) is 3.41. The summed E-state index contributed by atoms with van der Waals surface area (Å²) in [4.78, 5) is 2.51. The smallest absolute Gasteiger partial charge is 0.0961 e. The van der Waals surface area contributed by atoms with Crippen molar-refractivity contribution >= 4 is 5.69 Å². The standard InChI is InChI=1S/C13H21N2.HI/c1-12-6-4-5-7-13(12)14-8-10-15(2,3)11-9-14;/h4-7H,8-11H2,1-3H3;1H/q+1;/p-1. The van der Waals surface area contributed by atoms with Crippen LogP contribution in [0, 0.1) is 6.92 Å². The second-order valence-electron chi connectivity index (χ2n) is 5.16. The van der Waals surface area contributed by atoms with Crippen molar-refractivity contribution in [2.45, 2.75) is 6.92 Å². The molecular weight excluding hydrogens is 311 g/mol. The average Bonchev–Trinajstić information content (AvgIpc) is 2.19. The monoisotopic (exact) mass is 332 g/mol. The fraction of sp³-hybridized carbons (Fsp3) is 0.538. The summed E-state index contributed by atoms with van der Waals surface area (Å²) in [5.41, 5.74) is 2.81. The Morgan fingerprint density at radius 3 is 2.19 bits per heavy atom. The van der Waals surface area contributed by atoms with E-state index in [1.165, 1.54) is 37.4 Å². The first-order valence-corrected chi connectivity index (χ1v) is 5.71. The number of halogens is 1. The van der Waals surface area contributed by atoms with E-state index in [1.807, 2.05) is 0 Å². The zero-order valence-corrected chi connectivity index (χ0v) is 12.6. The molecule has 2 nitrogen and oxygen atoms in total. The summed E-state index contributed by atoms with van der Waals surface area (Å²) in [5, 5.41) is 0. The molecule has 0 N–H and O–H groups in total. The van der Waals surface area contributed by atoms with Gasteiger partial charge in [-0.3, -0.25) is 0 Å². The van der Waals surface area contributed by atoms with Gasteiger partial charge in [-0.2, -0.15) is 0 Å². The minimum absolute atomic E-state index is 0. The van der Waals surface area contributed by atoms with E-state index in [0.29, 0.717) is 0 Å². The maximum Gasteiger partial charge on any atom is 0.0961 e.